The van der Waals surface area contributed by atoms with E-state index >= 15 is 0 Å². The van der Waals surface area contributed by atoms with Crippen LogP contribution >= 0.6 is 34.8 Å². The molecule has 1 aromatic heterocycles. The second-order valence-electron chi connectivity index (χ2n) is 3.48. The molecule has 1 unspecified atom stereocenters. The van der Waals surface area contributed by atoms with Crippen LogP contribution in [0.2, 0.25) is 15.2 Å². The Bertz CT molecular complexity index is 528. The number of hydrogen-bond acceptors (Lipinski definition) is 2. The van der Waals surface area contributed by atoms with Gasteiger partial charge in [0.15, 0.2) is 0 Å². The maximum atomic E-state index is 10.2. The van der Waals surface area contributed by atoms with Gasteiger partial charge in [-0.15, -0.1) is 0 Å². The number of aliphatic hydroxyl groups is 1. The molecule has 0 bridgehead atoms. The molecule has 0 saturated carbocycles. The van der Waals surface area contributed by atoms with Crippen molar-refractivity contribution in [2.24, 2.45) is 0 Å². The number of aromatic nitrogens is 1. The van der Waals surface area contributed by atoms with Crippen LogP contribution in [0.25, 0.3) is 0 Å². The largest absolute Gasteiger partial charge is 0.384 e. The Morgan fingerprint density at radius 2 is 1.82 bits per heavy atom. The Hall–Kier alpha value is -0.800. The van der Waals surface area contributed by atoms with Crippen LogP contribution in [-0.2, 0) is 0 Å². The van der Waals surface area contributed by atoms with Crippen LogP contribution < -0.4 is 0 Å². The summed E-state index contributed by atoms with van der Waals surface area (Å²) in [6, 6.07) is 8.24. The molecule has 2 aromatic rings. The maximum absolute atomic E-state index is 10.2. The molecule has 0 aliphatic carbocycles. The lowest BCUT2D eigenvalue weighted by Crippen LogP contribution is -2.01. The van der Waals surface area contributed by atoms with E-state index in [2.05, 4.69) is 4.98 Å². The van der Waals surface area contributed by atoms with Gasteiger partial charge in [0.25, 0.3) is 0 Å². The van der Waals surface area contributed by atoms with Gasteiger partial charge >= 0.3 is 0 Å². The van der Waals surface area contributed by atoms with Gasteiger partial charge in [0.05, 0.1) is 0 Å². The van der Waals surface area contributed by atoms with Crippen molar-refractivity contribution in [3.8, 4) is 0 Å². The predicted octanol–water partition coefficient (Wildman–Crippen LogP) is 4.12. The van der Waals surface area contributed by atoms with Gasteiger partial charge in [-0.2, -0.15) is 0 Å². The molecule has 2 rings (SSSR count). The van der Waals surface area contributed by atoms with Crippen molar-refractivity contribution in [1.29, 1.82) is 0 Å². The predicted molar refractivity (Wildman–Crippen MR) is 69.8 cm³/mol. The van der Waals surface area contributed by atoms with E-state index in [9.17, 15) is 5.11 Å². The zero-order valence-corrected chi connectivity index (χ0v) is 10.8. The molecule has 0 aliphatic rings. The average molecular weight is 289 g/mol. The lowest BCUT2D eigenvalue weighted by molar-refractivity contribution is 0.220. The summed E-state index contributed by atoms with van der Waals surface area (Å²) in [6.45, 7) is 0. The molecule has 0 radical (unpaired) electrons. The van der Waals surface area contributed by atoms with Gasteiger partial charge in [-0.3, -0.25) is 0 Å². The first-order valence-electron chi connectivity index (χ1n) is 4.82. The second-order valence-corrected chi connectivity index (χ2v) is 4.71. The van der Waals surface area contributed by atoms with E-state index in [4.69, 9.17) is 34.8 Å². The Balaban J connectivity index is 2.39. The SMILES string of the molecule is OC(c1ccc(Cl)nc1)c1cc(Cl)ccc1Cl. The molecule has 1 atom stereocenters. The highest BCUT2D eigenvalue weighted by atomic mass is 35.5. The first-order chi connectivity index (χ1) is 8.08. The van der Waals surface area contributed by atoms with Crippen LogP contribution in [0.4, 0.5) is 0 Å². The molecule has 0 aliphatic heterocycles. The number of rotatable bonds is 2. The van der Waals surface area contributed by atoms with Crippen molar-refractivity contribution in [3.63, 3.8) is 0 Å². The Labute approximate surface area is 114 Å². The van der Waals surface area contributed by atoms with Crippen molar-refractivity contribution in [2.45, 2.75) is 6.10 Å². The molecule has 0 spiro atoms. The number of pyridine rings is 1. The molecular weight excluding hydrogens is 280 g/mol. The summed E-state index contributed by atoms with van der Waals surface area (Å²) in [7, 11) is 0. The smallest absolute Gasteiger partial charge is 0.129 e. The standard InChI is InChI=1S/C12H8Cl3NO/c13-8-2-3-10(14)9(5-8)12(17)7-1-4-11(15)16-6-7/h1-6,12,17H. The summed E-state index contributed by atoms with van der Waals surface area (Å²) in [5, 5.41) is 11.5. The maximum Gasteiger partial charge on any atom is 0.129 e. The highest BCUT2D eigenvalue weighted by Crippen LogP contribution is 2.30. The summed E-state index contributed by atoms with van der Waals surface area (Å²) in [6.07, 6.45) is 0.635. The minimum Gasteiger partial charge on any atom is -0.384 e. The zero-order chi connectivity index (χ0) is 12.4. The monoisotopic (exact) mass is 287 g/mol. The minimum absolute atomic E-state index is 0.373. The molecule has 0 fully saturated rings. The highest BCUT2D eigenvalue weighted by molar-refractivity contribution is 6.33. The Morgan fingerprint density at radius 1 is 1.06 bits per heavy atom. The van der Waals surface area contributed by atoms with E-state index in [0.29, 0.717) is 26.3 Å². The number of aliphatic hydroxyl groups excluding tert-OH is 1. The van der Waals surface area contributed by atoms with E-state index in [1.165, 1.54) is 6.20 Å². The van der Waals surface area contributed by atoms with Crippen molar-refractivity contribution in [2.75, 3.05) is 0 Å². The molecule has 1 N–H and O–H groups in total. The molecule has 0 amide bonds. The lowest BCUT2D eigenvalue weighted by Gasteiger charge is -2.13. The number of halogens is 3. The van der Waals surface area contributed by atoms with E-state index in [0.717, 1.165) is 0 Å². The van der Waals surface area contributed by atoms with E-state index in [-0.39, 0.29) is 0 Å². The first kappa shape index (κ1) is 12.7. The molecule has 1 aromatic carbocycles. The van der Waals surface area contributed by atoms with Gasteiger partial charge in [-0.1, -0.05) is 40.9 Å². The molecule has 17 heavy (non-hydrogen) atoms. The van der Waals surface area contributed by atoms with Crippen LogP contribution in [0, 0.1) is 0 Å². The van der Waals surface area contributed by atoms with Gasteiger partial charge in [0.1, 0.15) is 11.3 Å². The van der Waals surface area contributed by atoms with Crippen molar-refractivity contribution in [1.82, 2.24) is 4.98 Å². The molecule has 1 heterocycles. The van der Waals surface area contributed by atoms with E-state index in [1.54, 1.807) is 30.3 Å². The number of benzene rings is 1. The third-order valence-corrected chi connectivity index (χ3v) is 3.12. The fourth-order valence-corrected chi connectivity index (χ4v) is 1.97. The van der Waals surface area contributed by atoms with Crippen LogP contribution in [0.3, 0.4) is 0 Å². The second kappa shape index (κ2) is 5.23. The topological polar surface area (TPSA) is 33.1 Å². The van der Waals surface area contributed by atoms with Crippen LogP contribution in [-0.4, -0.2) is 10.1 Å². The zero-order valence-electron chi connectivity index (χ0n) is 8.57. The lowest BCUT2D eigenvalue weighted by atomic mass is 10.0. The first-order valence-corrected chi connectivity index (χ1v) is 5.96. The van der Waals surface area contributed by atoms with Gasteiger partial charge in [-0.25, -0.2) is 4.98 Å². The quantitative estimate of drug-likeness (QED) is 0.843. The van der Waals surface area contributed by atoms with Gasteiger partial charge in [-0.05, 0) is 24.3 Å². The summed E-state index contributed by atoms with van der Waals surface area (Å²) < 4.78 is 0. The molecule has 5 heteroatoms. The van der Waals surface area contributed by atoms with Crippen LogP contribution in [0.1, 0.15) is 17.2 Å². The summed E-state index contributed by atoms with van der Waals surface area (Å²) in [5.74, 6) is 0. The number of hydrogen-bond donors (Lipinski definition) is 1. The van der Waals surface area contributed by atoms with Crippen molar-refractivity contribution in [3.05, 3.63) is 62.9 Å². The minimum atomic E-state index is -0.869. The number of nitrogens with zero attached hydrogens (tertiary/aromatic N) is 1. The van der Waals surface area contributed by atoms with Crippen LogP contribution in [0.5, 0.6) is 0 Å². The Kier molecular flexibility index (Phi) is 3.89. The van der Waals surface area contributed by atoms with Gasteiger partial charge in [0, 0.05) is 27.4 Å². The Morgan fingerprint density at radius 3 is 2.47 bits per heavy atom. The van der Waals surface area contributed by atoms with Crippen molar-refractivity contribution < 1.29 is 5.11 Å². The average Bonchev–Trinajstić information content (AvgIpc) is 2.32. The van der Waals surface area contributed by atoms with E-state index in [1.807, 2.05) is 0 Å². The van der Waals surface area contributed by atoms with Crippen LogP contribution in [0.15, 0.2) is 36.5 Å². The molecular formula is C12H8Cl3NO. The third-order valence-electron chi connectivity index (χ3n) is 2.32. The fourth-order valence-electron chi connectivity index (χ4n) is 1.45. The van der Waals surface area contributed by atoms with Gasteiger partial charge < -0.3 is 5.11 Å². The summed E-state index contributed by atoms with van der Waals surface area (Å²) in [5.41, 5.74) is 1.15. The summed E-state index contributed by atoms with van der Waals surface area (Å²) in [4.78, 5) is 3.91. The fraction of sp³-hybridized carbons (Fsp3) is 0.0833. The molecule has 2 nitrogen and oxygen atoms in total. The van der Waals surface area contributed by atoms with Gasteiger partial charge in [0.2, 0.25) is 0 Å². The highest BCUT2D eigenvalue weighted by Gasteiger charge is 2.14. The summed E-state index contributed by atoms with van der Waals surface area (Å²) >= 11 is 17.6. The normalized spacial score (nSPS) is 12.5. The third kappa shape index (κ3) is 2.90. The van der Waals surface area contributed by atoms with Crippen molar-refractivity contribution >= 4 is 34.8 Å². The van der Waals surface area contributed by atoms with E-state index < -0.39 is 6.10 Å². The molecule has 0 saturated heterocycles. The molecule has 88 valence electrons.